The van der Waals surface area contributed by atoms with E-state index in [-0.39, 0.29) is 17.2 Å². The molecule has 2 heterocycles. The van der Waals surface area contributed by atoms with Crippen LogP contribution in [0, 0.1) is 5.82 Å². The molecule has 2 fully saturated rings. The Balaban J connectivity index is 1.81. The van der Waals surface area contributed by atoms with Crippen molar-refractivity contribution >= 4 is 11.6 Å². The smallest absolute Gasteiger partial charge is 0.256 e. The Hall–Kier alpha value is -1.62. The van der Waals surface area contributed by atoms with Crippen LogP contribution in [0.25, 0.3) is 0 Å². The van der Waals surface area contributed by atoms with Gasteiger partial charge in [-0.05, 0) is 37.9 Å². The minimum Gasteiger partial charge on any atom is -0.396 e. The first kappa shape index (κ1) is 13.4. The van der Waals surface area contributed by atoms with Crippen LogP contribution >= 0.6 is 0 Å². The summed E-state index contributed by atoms with van der Waals surface area (Å²) in [5, 5.41) is 0. The number of rotatable bonds is 1. The molecule has 3 rings (SSSR count). The highest BCUT2D eigenvalue weighted by molar-refractivity contribution is 5.99. The molecule has 0 aliphatic carbocycles. The van der Waals surface area contributed by atoms with Crippen LogP contribution in [0.3, 0.4) is 0 Å². The molecule has 1 amide bonds. The molecule has 0 saturated carbocycles. The lowest BCUT2D eigenvalue weighted by atomic mass is 10.1. The zero-order valence-corrected chi connectivity index (χ0v) is 11.5. The maximum absolute atomic E-state index is 13.5. The van der Waals surface area contributed by atoms with Crippen LogP contribution in [0.5, 0.6) is 0 Å². The Morgan fingerprint density at radius 2 is 2.05 bits per heavy atom. The zero-order valence-electron chi connectivity index (χ0n) is 11.5. The highest BCUT2D eigenvalue weighted by Crippen LogP contribution is 2.24. The first-order chi connectivity index (χ1) is 9.66. The molecule has 0 bridgehead atoms. The predicted octanol–water partition coefficient (Wildman–Crippen LogP) is 1.72. The molecule has 2 aliphatic rings. The van der Waals surface area contributed by atoms with Gasteiger partial charge in [-0.25, -0.2) is 4.39 Å². The fourth-order valence-electron chi connectivity index (χ4n) is 3.28. The van der Waals surface area contributed by atoms with Gasteiger partial charge in [-0.1, -0.05) is 6.07 Å². The largest absolute Gasteiger partial charge is 0.396 e. The van der Waals surface area contributed by atoms with Crippen LogP contribution in [-0.2, 0) is 0 Å². The van der Waals surface area contributed by atoms with E-state index in [1.54, 1.807) is 12.1 Å². The molecule has 0 aromatic heterocycles. The molecule has 0 radical (unpaired) electrons. The van der Waals surface area contributed by atoms with E-state index in [9.17, 15) is 9.18 Å². The number of halogens is 1. The van der Waals surface area contributed by atoms with Gasteiger partial charge >= 0.3 is 0 Å². The zero-order chi connectivity index (χ0) is 14.1. The van der Waals surface area contributed by atoms with Gasteiger partial charge in [-0.3, -0.25) is 9.69 Å². The number of hydrogen-bond acceptors (Lipinski definition) is 3. The fourth-order valence-corrected chi connectivity index (χ4v) is 3.28. The van der Waals surface area contributed by atoms with E-state index in [2.05, 4.69) is 4.90 Å². The number of nitrogens with zero attached hydrogens (tertiary/aromatic N) is 2. The van der Waals surface area contributed by atoms with E-state index in [4.69, 9.17) is 5.73 Å². The lowest BCUT2D eigenvalue weighted by Crippen LogP contribution is -2.39. The molecular weight excluding hydrogens is 257 g/mol. The van der Waals surface area contributed by atoms with Gasteiger partial charge in [0.1, 0.15) is 5.82 Å². The molecule has 1 unspecified atom stereocenters. The summed E-state index contributed by atoms with van der Waals surface area (Å²) in [5.41, 5.74) is 5.95. The summed E-state index contributed by atoms with van der Waals surface area (Å²) in [6, 6.07) is 4.89. The molecule has 1 atom stereocenters. The van der Waals surface area contributed by atoms with Crippen LogP contribution in [0.1, 0.15) is 29.6 Å². The summed E-state index contributed by atoms with van der Waals surface area (Å²) in [6.45, 7) is 3.64. The average molecular weight is 277 g/mol. The lowest BCUT2D eigenvalue weighted by molar-refractivity contribution is 0.0744. The van der Waals surface area contributed by atoms with Gasteiger partial charge in [0, 0.05) is 25.7 Å². The van der Waals surface area contributed by atoms with Gasteiger partial charge in [-0.15, -0.1) is 0 Å². The Labute approximate surface area is 118 Å². The monoisotopic (exact) mass is 277 g/mol. The molecule has 108 valence electrons. The highest BCUT2D eigenvalue weighted by atomic mass is 19.1. The Morgan fingerprint density at radius 1 is 1.25 bits per heavy atom. The quantitative estimate of drug-likeness (QED) is 0.795. The van der Waals surface area contributed by atoms with Gasteiger partial charge in [-0.2, -0.15) is 0 Å². The first-order valence-corrected chi connectivity index (χ1v) is 7.24. The van der Waals surface area contributed by atoms with Crippen LogP contribution in [-0.4, -0.2) is 47.9 Å². The van der Waals surface area contributed by atoms with E-state index >= 15 is 0 Å². The SMILES string of the molecule is Nc1c(F)cccc1C(=O)N1CCCN2CCCC2C1. The van der Waals surface area contributed by atoms with Crippen molar-refractivity contribution in [3.8, 4) is 0 Å². The van der Waals surface area contributed by atoms with Crippen LogP contribution in [0.15, 0.2) is 18.2 Å². The van der Waals surface area contributed by atoms with E-state index in [0.29, 0.717) is 6.04 Å². The molecular formula is C15H20FN3O. The second kappa shape index (κ2) is 5.40. The third-order valence-electron chi connectivity index (χ3n) is 4.37. The maximum Gasteiger partial charge on any atom is 0.256 e. The van der Waals surface area contributed by atoms with E-state index < -0.39 is 5.82 Å². The van der Waals surface area contributed by atoms with Crippen molar-refractivity contribution in [1.82, 2.24) is 9.80 Å². The van der Waals surface area contributed by atoms with Crippen molar-refractivity contribution in [2.24, 2.45) is 0 Å². The fraction of sp³-hybridized carbons (Fsp3) is 0.533. The predicted molar refractivity (Wildman–Crippen MR) is 75.9 cm³/mol. The van der Waals surface area contributed by atoms with Crippen molar-refractivity contribution < 1.29 is 9.18 Å². The molecule has 20 heavy (non-hydrogen) atoms. The van der Waals surface area contributed by atoms with E-state index in [0.717, 1.165) is 39.0 Å². The highest BCUT2D eigenvalue weighted by Gasteiger charge is 2.31. The summed E-state index contributed by atoms with van der Waals surface area (Å²) in [7, 11) is 0. The molecule has 1 aromatic rings. The van der Waals surface area contributed by atoms with Gasteiger partial charge in [0.15, 0.2) is 0 Å². The van der Waals surface area contributed by atoms with Crippen LogP contribution in [0.2, 0.25) is 0 Å². The summed E-state index contributed by atoms with van der Waals surface area (Å²) < 4.78 is 13.5. The summed E-state index contributed by atoms with van der Waals surface area (Å²) >= 11 is 0. The minimum absolute atomic E-state index is 0.0370. The molecule has 1 aromatic carbocycles. The van der Waals surface area contributed by atoms with Gasteiger partial charge in [0.2, 0.25) is 0 Å². The summed E-state index contributed by atoms with van der Waals surface area (Å²) in [5.74, 6) is -0.663. The summed E-state index contributed by atoms with van der Waals surface area (Å²) in [6.07, 6.45) is 3.31. The third kappa shape index (κ3) is 2.38. The number of nitrogen functional groups attached to an aromatic ring is 1. The number of hydrogen-bond donors (Lipinski definition) is 1. The minimum atomic E-state index is -0.520. The number of para-hydroxylation sites is 1. The van der Waals surface area contributed by atoms with Crippen molar-refractivity contribution in [1.29, 1.82) is 0 Å². The maximum atomic E-state index is 13.5. The molecule has 2 saturated heterocycles. The third-order valence-corrected chi connectivity index (χ3v) is 4.37. The van der Waals surface area contributed by atoms with E-state index in [1.165, 1.54) is 12.5 Å². The van der Waals surface area contributed by atoms with Crippen LogP contribution < -0.4 is 5.73 Å². The van der Waals surface area contributed by atoms with Crippen LogP contribution in [0.4, 0.5) is 10.1 Å². The van der Waals surface area contributed by atoms with Gasteiger partial charge in [0.25, 0.3) is 5.91 Å². The number of nitrogens with two attached hydrogens (primary N) is 1. The second-order valence-electron chi connectivity index (χ2n) is 5.64. The van der Waals surface area contributed by atoms with Gasteiger partial charge < -0.3 is 10.6 Å². The van der Waals surface area contributed by atoms with Crippen molar-refractivity contribution in [3.05, 3.63) is 29.6 Å². The standard InChI is InChI=1S/C15H20FN3O/c16-13-6-1-5-12(14(13)17)15(20)19-9-3-8-18-7-2-4-11(18)10-19/h1,5-6,11H,2-4,7-10,17H2. The number of carbonyl (C=O) groups excluding carboxylic acids is 1. The first-order valence-electron chi connectivity index (χ1n) is 7.24. The molecule has 5 heteroatoms. The molecule has 2 N–H and O–H groups in total. The normalized spacial score (nSPS) is 23.4. The Bertz CT molecular complexity index is 520. The average Bonchev–Trinajstić information content (AvgIpc) is 2.78. The molecule has 0 spiro atoms. The second-order valence-corrected chi connectivity index (χ2v) is 5.64. The topological polar surface area (TPSA) is 49.6 Å². The number of benzene rings is 1. The van der Waals surface area contributed by atoms with Crippen molar-refractivity contribution in [3.63, 3.8) is 0 Å². The van der Waals surface area contributed by atoms with Gasteiger partial charge in [0.05, 0.1) is 11.3 Å². The van der Waals surface area contributed by atoms with Crippen molar-refractivity contribution in [2.45, 2.75) is 25.3 Å². The molecule has 4 nitrogen and oxygen atoms in total. The van der Waals surface area contributed by atoms with E-state index in [1.807, 2.05) is 4.90 Å². The molecule has 2 aliphatic heterocycles. The summed E-state index contributed by atoms with van der Waals surface area (Å²) in [4.78, 5) is 16.9. The lowest BCUT2D eigenvalue weighted by Gasteiger charge is -2.26. The Kier molecular flexibility index (Phi) is 3.61. The Morgan fingerprint density at radius 3 is 2.90 bits per heavy atom. The number of amides is 1. The number of carbonyl (C=O) groups is 1. The number of anilines is 1. The van der Waals surface area contributed by atoms with Crippen molar-refractivity contribution in [2.75, 3.05) is 31.9 Å². The number of fused-ring (bicyclic) bond motifs is 1.